The molecule has 2 atom stereocenters. The van der Waals surface area contributed by atoms with E-state index in [1.165, 1.54) is 25.3 Å². The van der Waals surface area contributed by atoms with Crippen molar-refractivity contribution in [1.82, 2.24) is 0 Å². The molecule has 0 spiro atoms. The van der Waals surface area contributed by atoms with Crippen molar-refractivity contribution in [3.8, 4) is 0 Å². The quantitative estimate of drug-likeness (QED) is 0.407. The zero-order chi connectivity index (χ0) is 7.98. The van der Waals surface area contributed by atoms with E-state index in [1.807, 2.05) is 0 Å². The molecular formula is C6H16BIP2. The van der Waals surface area contributed by atoms with Crippen molar-refractivity contribution in [1.29, 1.82) is 0 Å². The summed E-state index contributed by atoms with van der Waals surface area (Å²) in [5.41, 5.74) is 0.285. The van der Waals surface area contributed by atoms with E-state index in [0.29, 0.717) is 0 Å². The summed E-state index contributed by atoms with van der Waals surface area (Å²) in [5, 5.41) is 0. The molecule has 0 aliphatic rings. The molecule has 0 aromatic carbocycles. The lowest BCUT2D eigenvalue weighted by molar-refractivity contribution is 1.08. The van der Waals surface area contributed by atoms with Crippen LogP contribution in [0.2, 0.25) is 6.32 Å². The fraction of sp³-hybridized carbons (Fsp3) is 1.00. The fourth-order valence-electron chi connectivity index (χ4n) is 0.815. The molecule has 0 N–H and O–H groups in total. The third-order valence-electron chi connectivity index (χ3n) is 1.38. The Bertz CT molecular complexity index is 72.1. The molecule has 0 rings (SSSR count). The summed E-state index contributed by atoms with van der Waals surface area (Å²) in [6.45, 7) is 4.54. The van der Waals surface area contributed by atoms with E-state index in [-0.39, 0.29) is 5.44 Å². The van der Waals surface area contributed by atoms with Crippen molar-refractivity contribution in [3.63, 3.8) is 0 Å². The predicted octanol–water partition coefficient (Wildman–Crippen LogP) is 4.00. The first-order chi connectivity index (χ1) is 4.72. The molecule has 0 amide bonds. The van der Waals surface area contributed by atoms with Crippen LogP contribution in [-0.4, -0.2) is 12.3 Å². The monoisotopic (exact) mass is 288 g/mol. The Labute approximate surface area is 81.7 Å². The minimum atomic E-state index is 0.285. The largest absolute Gasteiger partial charge is 0.205 e. The molecule has 0 bridgehead atoms. The Morgan fingerprint density at radius 1 is 1.40 bits per heavy atom. The van der Waals surface area contributed by atoms with Crippen LogP contribution in [-0.2, 0) is 0 Å². The number of rotatable bonds is 5. The van der Waals surface area contributed by atoms with Crippen LogP contribution in [0.5, 0.6) is 0 Å². The number of hydrogen-bond donors (Lipinski definition) is 0. The fourth-order valence-corrected chi connectivity index (χ4v) is 5.18. The first-order valence-corrected chi connectivity index (χ1v) is 8.95. The van der Waals surface area contributed by atoms with Crippen molar-refractivity contribution in [2.75, 3.05) is 6.16 Å². The van der Waals surface area contributed by atoms with Gasteiger partial charge in [0.05, 0.1) is 0 Å². The molecule has 0 radical (unpaired) electrons. The SMILES string of the molecule is CCCB(P)P(I)CCC. The maximum atomic E-state index is 2.99. The van der Waals surface area contributed by atoms with Gasteiger partial charge in [0, 0.05) is 0 Å². The molecule has 0 fully saturated rings. The average molecular weight is 288 g/mol. The lowest BCUT2D eigenvalue weighted by atomic mass is 9.99. The summed E-state index contributed by atoms with van der Waals surface area (Å²) in [6, 6.07) is 0. The summed E-state index contributed by atoms with van der Waals surface area (Å²) >= 11 is 2.63. The van der Waals surface area contributed by atoms with Gasteiger partial charge in [-0.3, -0.25) is 0 Å². The Balaban J connectivity index is 3.38. The van der Waals surface area contributed by atoms with Crippen LogP contribution < -0.4 is 0 Å². The third kappa shape index (κ3) is 5.32. The molecule has 0 aromatic heterocycles. The molecule has 0 saturated heterocycles. The maximum Gasteiger partial charge on any atom is 0.205 e. The average Bonchev–Trinajstić information content (AvgIpc) is 1.89. The van der Waals surface area contributed by atoms with Crippen LogP contribution >= 0.6 is 36.6 Å². The zero-order valence-electron chi connectivity index (χ0n) is 6.81. The minimum Gasteiger partial charge on any atom is -0.165 e. The van der Waals surface area contributed by atoms with Gasteiger partial charge in [0.1, 0.15) is 0 Å². The molecular weight excluding hydrogens is 272 g/mol. The van der Waals surface area contributed by atoms with E-state index in [1.54, 1.807) is 0 Å². The zero-order valence-corrected chi connectivity index (χ0v) is 11.0. The molecule has 0 nitrogen and oxygen atoms in total. The molecule has 0 aliphatic heterocycles. The minimum absolute atomic E-state index is 0.285. The second-order valence-corrected chi connectivity index (χ2v) is 9.47. The molecule has 2 unspecified atom stereocenters. The topological polar surface area (TPSA) is 0 Å². The molecule has 0 aromatic rings. The number of hydrogen-bond acceptors (Lipinski definition) is 0. The Hall–Kier alpha value is 1.65. The molecule has 0 aliphatic carbocycles. The Morgan fingerprint density at radius 3 is 2.40 bits per heavy atom. The highest BCUT2D eigenvalue weighted by atomic mass is 127. The van der Waals surface area contributed by atoms with Crippen LogP contribution in [0.1, 0.15) is 26.7 Å². The summed E-state index contributed by atoms with van der Waals surface area (Å²) in [7, 11) is 2.99. The van der Waals surface area contributed by atoms with Gasteiger partial charge in [-0.25, -0.2) is 0 Å². The van der Waals surface area contributed by atoms with Crippen molar-refractivity contribution in [2.45, 2.75) is 33.0 Å². The van der Waals surface area contributed by atoms with E-state index in [0.717, 1.165) is 6.15 Å². The van der Waals surface area contributed by atoms with E-state index in [9.17, 15) is 0 Å². The first kappa shape index (κ1) is 11.7. The molecule has 0 heterocycles. The van der Waals surface area contributed by atoms with Gasteiger partial charge in [0.25, 0.3) is 0 Å². The Morgan fingerprint density at radius 2 is 2.00 bits per heavy atom. The van der Waals surface area contributed by atoms with E-state index < -0.39 is 0 Å². The molecule has 60 valence electrons. The third-order valence-corrected chi connectivity index (χ3v) is 10.1. The van der Waals surface area contributed by atoms with Crippen molar-refractivity contribution < 1.29 is 0 Å². The van der Waals surface area contributed by atoms with Crippen LogP contribution in [0.4, 0.5) is 0 Å². The van der Waals surface area contributed by atoms with Crippen molar-refractivity contribution in [3.05, 3.63) is 0 Å². The van der Waals surface area contributed by atoms with E-state index in [4.69, 9.17) is 0 Å². The Kier molecular flexibility index (Phi) is 8.52. The highest BCUT2D eigenvalue weighted by molar-refractivity contribution is 14.2. The standard InChI is InChI=1S/C6H16BIP2/c1-3-5-7(9)10(8)6-4-2/h3-6,9H2,1-2H3. The summed E-state index contributed by atoms with van der Waals surface area (Å²) in [5.74, 6) is 0. The normalized spacial score (nSPS) is 13.2. The summed E-state index contributed by atoms with van der Waals surface area (Å²) in [4.78, 5) is 0. The first-order valence-electron chi connectivity index (χ1n) is 3.90. The van der Waals surface area contributed by atoms with Gasteiger partial charge in [0.15, 0.2) is 0 Å². The van der Waals surface area contributed by atoms with Crippen LogP contribution in [0.15, 0.2) is 0 Å². The van der Waals surface area contributed by atoms with Gasteiger partial charge in [-0.1, -0.05) is 60.5 Å². The van der Waals surface area contributed by atoms with E-state index in [2.05, 4.69) is 45.0 Å². The van der Waals surface area contributed by atoms with Gasteiger partial charge in [0.2, 0.25) is 6.15 Å². The number of halogens is 1. The van der Waals surface area contributed by atoms with Crippen LogP contribution in [0.3, 0.4) is 0 Å². The summed E-state index contributed by atoms with van der Waals surface area (Å²) < 4.78 is 0. The van der Waals surface area contributed by atoms with Crippen molar-refractivity contribution in [2.24, 2.45) is 0 Å². The maximum absolute atomic E-state index is 2.99. The van der Waals surface area contributed by atoms with Crippen molar-refractivity contribution >= 4 is 42.8 Å². The second kappa shape index (κ2) is 7.31. The van der Waals surface area contributed by atoms with Gasteiger partial charge in [-0.05, 0) is 6.16 Å². The van der Waals surface area contributed by atoms with Gasteiger partial charge in [-0.15, -0.1) is 0 Å². The summed E-state index contributed by atoms with van der Waals surface area (Å²) in [6.07, 6.45) is 6.41. The molecule has 10 heavy (non-hydrogen) atoms. The van der Waals surface area contributed by atoms with Gasteiger partial charge in [-0.2, -0.15) is 9.12 Å². The van der Waals surface area contributed by atoms with Gasteiger partial charge >= 0.3 is 0 Å². The highest BCUT2D eigenvalue weighted by Gasteiger charge is 2.14. The lowest BCUT2D eigenvalue weighted by Gasteiger charge is -2.13. The second-order valence-electron chi connectivity index (χ2n) is 2.48. The van der Waals surface area contributed by atoms with Gasteiger partial charge < -0.3 is 0 Å². The van der Waals surface area contributed by atoms with E-state index >= 15 is 0 Å². The van der Waals surface area contributed by atoms with Crippen LogP contribution in [0, 0.1) is 0 Å². The highest BCUT2D eigenvalue weighted by Crippen LogP contribution is 2.51. The van der Waals surface area contributed by atoms with Crippen LogP contribution in [0.25, 0.3) is 0 Å². The predicted molar refractivity (Wildman–Crippen MR) is 66.7 cm³/mol. The molecule has 0 saturated carbocycles. The molecule has 4 heteroatoms. The lowest BCUT2D eigenvalue weighted by Crippen LogP contribution is -1.98. The smallest absolute Gasteiger partial charge is 0.165 e.